The second kappa shape index (κ2) is 6.87. The van der Waals surface area contributed by atoms with Crippen LogP contribution in [-0.2, 0) is 0 Å². The van der Waals surface area contributed by atoms with E-state index in [4.69, 9.17) is 4.98 Å². The summed E-state index contributed by atoms with van der Waals surface area (Å²) in [4.78, 5) is 22.0. The third-order valence-corrected chi connectivity index (χ3v) is 4.81. The van der Waals surface area contributed by atoms with Crippen LogP contribution in [0, 0.1) is 12.3 Å². The molecule has 0 bridgehead atoms. The lowest BCUT2D eigenvalue weighted by molar-refractivity contribution is 0.0912. The number of carbonyl (C=O) groups excluding carboxylic acids is 1. The summed E-state index contributed by atoms with van der Waals surface area (Å²) < 4.78 is 0. The molecule has 26 heavy (non-hydrogen) atoms. The van der Waals surface area contributed by atoms with Gasteiger partial charge in [-0.25, -0.2) is 4.98 Å². The SMILES string of the molecule is Cc1ccc2nc(-c3cccnc3)cc(C(=O)N[C@@H](C)C(C)(C)C)c2c1. The van der Waals surface area contributed by atoms with Gasteiger partial charge in [0.25, 0.3) is 5.91 Å². The number of aromatic nitrogens is 2. The molecular formula is C22H25N3O. The van der Waals surface area contributed by atoms with E-state index >= 15 is 0 Å². The smallest absolute Gasteiger partial charge is 0.252 e. The zero-order chi connectivity index (χ0) is 18.9. The van der Waals surface area contributed by atoms with E-state index in [9.17, 15) is 4.79 Å². The Morgan fingerprint density at radius 1 is 1.15 bits per heavy atom. The Kier molecular flexibility index (Phi) is 4.77. The molecule has 0 radical (unpaired) electrons. The van der Waals surface area contributed by atoms with E-state index in [2.05, 4.69) is 31.1 Å². The minimum atomic E-state index is -0.0736. The number of carbonyl (C=O) groups is 1. The largest absolute Gasteiger partial charge is 0.349 e. The van der Waals surface area contributed by atoms with E-state index in [0.29, 0.717) is 5.56 Å². The van der Waals surface area contributed by atoms with Gasteiger partial charge < -0.3 is 5.32 Å². The summed E-state index contributed by atoms with van der Waals surface area (Å²) in [7, 11) is 0. The Bertz CT molecular complexity index is 943. The van der Waals surface area contributed by atoms with Crippen LogP contribution in [0.15, 0.2) is 48.8 Å². The van der Waals surface area contributed by atoms with Crippen LogP contribution < -0.4 is 5.32 Å². The van der Waals surface area contributed by atoms with Gasteiger partial charge in [-0.2, -0.15) is 0 Å². The molecule has 0 aliphatic carbocycles. The summed E-state index contributed by atoms with van der Waals surface area (Å²) in [5.41, 5.74) is 4.20. The number of pyridine rings is 2. The van der Waals surface area contributed by atoms with Crippen LogP contribution in [0.1, 0.15) is 43.6 Å². The van der Waals surface area contributed by atoms with Gasteiger partial charge in [-0.1, -0.05) is 32.4 Å². The number of nitrogens with one attached hydrogen (secondary N) is 1. The van der Waals surface area contributed by atoms with Crippen LogP contribution >= 0.6 is 0 Å². The minimum Gasteiger partial charge on any atom is -0.349 e. The first kappa shape index (κ1) is 18.1. The summed E-state index contributed by atoms with van der Waals surface area (Å²) in [6, 6.07) is 11.7. The van der Waals surface area contributed by atoms with Crippen LogP contribution in [0.25, 0.3) is 22.2 Å². The lowest BCUT2D eigenvalue weighted by Crippen LogP contribution is -2.41. The van der Waals surface area contributed by atoms with Crippen molar-refractivity contribution in [2.75, 3.05) is 0 Å². The molecular weight excluding hydrogens is 322 g/mol. The lowest BCUT2D eigenvalue weighted by Gasteiger charge is -2.28. The fourth-order valence-corrected chi connectivity index (χ4v) is 2.68. The summed E-state index contributed by atoms with van der Waals surface area (Å²) in [5.74, 6) is -0.0736. The molecule has 0 fully saturated rings. The molecule has 1 N–H and O–H groups in total. The summed E-state index contributed by atoms with van der Waals surface area (Å²) >= 11 is 0. The van der Waals surface area contributed by atoms with Gasteiger partial charge in [-0.3, -0.25) is 9.78 Å². The Morgan fingerprint density at radius 2 is 1.92 bits per heavy atom. The fraction of sp³-hybridized carbons (Fsp3) is 0.318. The number of benzene rings is 1. The van der Waals surface area contributed by atoms with Gasteiger partial charge in [0, 0.05) is 29.4 Å². The maximum Gasteiger partial charge on any atom is 0.252 e. The van der Waals surface area contributed by atoms with E-state index < -0.39 is 0 Å². The van der Waals surface area contributed by atoms with Gasteiger partial charge >= 0.3 is 0 Å². The Balaban J connectivity index is 2.12. The summed E-state index contributed by atoms with van der Waals surface area (Å²) in [6.07, 6.45) is 3.49. The highest BCUT2D eigenvalue weighted by Gasteiger charge is 2.23. The fourth-order valence-electron chi connectivity index (χ4n) is 2.68. The van der Waals surface area contributed by atoms with Gasteiger partial charge in [-0.05, 0) is 49.6 Å². The van der Waals surface area contributed by atoms with E-state index in [1.807, 2.05) is 50.2 Å². The number of fused-ring (bicyclic) bond motifs is 1. The van der Waals surface area contributed by atoms with Crippen LogP contribution in [-0.4, -0.2) is 21.9 Å². The van der Waals surface area contributed by atoms with Crippen LogP contribution in [0.3, 0.4) is 0 Å². The highest BCUT2D eigenvalue weighted by molar-refractivity contribution is 6.07. The maximum atomic E-state index is 13.1. The molecule has 2 heterocycles. The highest BCUT2D eigenvalue weighted by Crippen LogP contribution is 2.26. The molecule has 4 nitrogen and oxygen atoms in total. The zero-order valence-electron chi connectivity index (χ0n) is 16.0. The topological polar surface area (TPSA) is 54.9 Å². The zero-order valence-corrected chi connectivity index (χ0v) is 16.0. The number of amides is 1. The highest BCUT2D eigenvalue weighted by atomic mass is 16.1. The first-order chi connectivity index (χ1) is 12.3. The number of aryl methyl sites for hydroxylation is 1. The van der Waals surface area contributed by atoms with Crippen molar-refractivity contribution < 1.29 is 4.79 Å². The van der Waals surface area contributed by atoms with Crippen molar-refractivity contribution in [1.82, 2.24) is 15.3 Å². The molecule has 3 rings (SSSR count). The summed E-state index contributed by atoms with van der Waals surface area (Å²) in [6.45, 7) is 10.4. The molecule has 2 aromatic heterocycles. The van der Waals surface area contributed by atoms with Gasteiger partial charge in [0.05, 0.1) is 16.8 Å². The monoisotopic (exact) mass is 347 g/mol. The molecule has 1 aromatic carbocycles. The predicted molar refractivity (Wildman–Crippen MR) is 106 cm³/mol. The first-order valence-electron chi connectivity index (χ1n) is 8.88. The van der Waals surface area contributed by atoms with Crippen molar-refractivity contribution in [3.05, 3.63) is 59.9 Å². The third kappa shape index (κ3) is 3.74. The molecule has 1 atom stereocenters. The molecule has 3 aromatic rings. The molecule has 0 aliphatic heterocycles. The van der Waals surface area contributed by atoms with Crippen molar-refractivity contribution >= 4 is 16.8 Å². The second-order valence-corrected chi connectivity index (χ2v) is 7.88. The van der Waals surface area contributed by atoms with Gasteiger partial charge in [0.2, 0.25) is 0 Å². The Hall–Kier alpha value is -2.75. The predicted octanol–water partition coefficient (Wildman–Crippen LogP) is 4.77. The van der Waals surface area contributed by atoms with E-state index in [-0.39, 0.29) is 17.4 Å². The van der Waals surface area contributed by atoms with Crippen molar-refractivity contribution in [3.8, 4) is 11.3 Å². The van der Waals surface area contributed by atoms with Gasteiger partial charge in [0.1, 0.15) is 0 Å². The molecule has 1 amide bonds. The molecule has 134 valence electrons. The Morgan fingerprint density at radius 3 is 2.58 bits per heavy atom. The quantitative estimate of drug-likeness (QED) is 0.742. The van der Waals surface area contributed by atoms with Gasteiger partial charge in [-0.15, -0.1) is 0 Å². The molecule has 0 aliphatic rings. The standard InChI is InChI=1S/C22H25N3O/c1-14-8-9-19-17(11-14)18(21(26)24-15(2)22(3,4)5)12-20(25-19)16-7-6-10-23-13-16/h6-13,15H,1-5H3,(H,24,26)/t15-/m0/s1. The molecule has 4 heteroatoms. The average Bonchev–Trinajstić information content (AvgIpc) is 2.60. The first-order valence-corrected chi connectivity index (χ1v) is 8.88. The number of rotatable bonds is 3. The number of hydrogen-bond acceptors (Lipinski definition) is 3. The molecule has 0 spiro atoms. The van der Waals surface area contributed by atoms with Crippen molar-refractivity contribution in [2.24, 2.45) is 5.41 Å². The number of nitrogens with zero attached hydrogens (tertiary/aromatic N) is 2. The lowest BCUT2D eigenvalue weighted by atomic mass is 9.88. The van der Waals surface area contributed by atoms with Crippen LogP contribution in [0.5, 0.6) is 0 Å². The Labute approximate surface area is 154 Å². The van der Waals surface area contributed by atoms with Crippen LogP contribution in [0.2, 0.25) is 0 Å². The molecule has 0 saturated carbocycles. The number of hydrogen-bond donors (Lipinski definition) is 1. The van der Waals surface area contributed by atoms with Crippen LogP contribution in [0.4, 0.5) is 0 Å². The minimum absolute atomic E-state index is 0.0133. The van der Waals surface area contributed by atoms with Crippen molar-refractivity contribution in [2.45, 2.75) is 40.7 Å². The average molecular weight is 347 g/mol. The second-order valence-electron chi connectivity index (χ2n) is 7.88. The van der Waals surface area contributed by atoms with Gasteiger partial charge in [0.15, 0.2) is 0 Å². The maximum absolute atomic E-state index is 13.1. The van der Waals surface area contributed by atoms with Crippen molar-refractivity contribution in [1.29, 1.82) is 0 Å². The van der Waals surface area contributed by atoms with E-state index in [1.165, 1.54) is 0 Å². The third-order valence-electron chi connectivity index (χ3n) is 4.81. The van der Waals surface area contributed by atoms with E-state index in [0.717, 1.165) is 27.7 Å². The normalized spacial score (nSPS) is 12.8. The van der Waals surface area contributed by atoms with E-state index in [1.54, 1.807) is 12.4 Å². The summed E-state index contributed by atoms with van der Waals surface area (Å²) in [5, 5.41) is 4.02. The van der Waals surface area contributed by atoms with Crippen molar-refractivity contribution in [3.63, 3.8) is 0 Å². The molecule has 0 unspecified atom stereocenters. The molecule has 0 saturated heterocycles.